The van der Waals surface area contributed by atoms with E-state index in [1.54, 1.807) is 0 Å². The van der Waals surface area contributed by atoms with Gasteiger partial charge in [-0.3, -0.25) is 0 Å². The third kappa shape index (κ3) is 7.23. The molecule has 0 aliphatic heterocycles. The summed E-state index contributed by atoms with van der Waals surface area (Å²) in [7, 11) is 0. The Hall–Kier alpha value is -10.2. The first-order valence-corrected chi connectivity index (χ1v) is 24.6. The van der Waals surface area contributed by atoms with Crippen LogP contribution >= 0.6 is 0 Å². The van der Waals surface area contributed by atoms with Crippen molar-refractivity contribution in [1.29, 1.82) is 0 Å². The number of benzene rings is 11. The summed E-state index contributed by atoms with van der Waals surface area (Å²) in [5.74, 6) is 1.79. The van der Waals surface area contributed by atoms with Crippen molar-refractivity contribution >= 4 is 60.4 Å². The van der Waals surface area contributed by atoms with Crippen molar-refractivity contribution < 1.29 is 8.83 Å². The van der Waals surface area contributed by atoms with Crippen LogP contribution in [-0.2, 0) is 0 Å². The van der Waals surface area contributed by atoms with E-state index in [1.165, 1.54) is 5.39 Å². The Balaban J connectivity index is 1.04. The van der Waals surface area contributed by atoms with Gasteiger partial charge in [0.05, 0.1) is 11.0 Å². The van der Waals surface area contributed by atoms with Crippen LogP contribution < -0.4 is 4.90 Å². The smallest absolute Gasteiger partial charge is 0.248 e. The molecule has 0 aliphatic rings. The fourth-order valence-electron chi connectivity index (χ4n) is 10.7. The largest absolute Gasteiger partial charge is 0.416 e. The van der Waals surface area contributed by atoms with Crippen LogP contribution in [0.2, 0.25) is 0 Å². The Morgan fingerprint density at radius 3 is 1.27 bits per heavy atom. The molecule has 348 valence electrons. The molecule has 0 spiro atoms. The highest BCUT2D eigenvalue weighted by molar-refractivity contribution is 6.24. The lowest BCUT2D eigenvalue weighted by atomic mass is 9.83. The van der Waals surface area contributed by atoms with Crippen molar-refractivity contribution in [3.05, 3.63) is 255 Å². The quantitative estimate of drug-likeness (QED) is 0.126. The second kappa shape index (κ2) is 17.9. The minimum atomic E-state index is 0.432. The van der Waals surface area contributed by atoms with E-state index in [4.69, 9.17) is 8.83 Å². The van der Waals surface area contributed by atoms with Gasteiger partial charge in [0.15, 0.2) is 0 Å². The summed E-state index contributed by atoms with van der Waals surface area (Å²) in [5, 5.41) is 25.0. The maximum atomic E-state index is 6.55. The third-order valence-electron chi connectivity index (χ3n) is 14.0. The number of nitrogens with zero attached hydrogens (tertiary/aromatic N) is 6. The lowest BCUT2D eigenvalue weighted by molar-refractivity contribution is 0.584. The molecule has 3 aromatic heterocycles. The van der Waals surface area contributed by atoms with Gasteiger partial charge in [-0.05, 0) is 141 Å². The van der Waals surface area contributed by atoms with E-state index >= 15 is 0 Å². The molecule has 0 atom stereocenters. The predicted molar refractivity (Wildman–Crippen MR) is 299 cm³/mol. The van der Waals surface area contributed by atoms with Gasteiger partial charge < -0.3 is 18.3 Å². The molecular formula is C66H42N6O2. The van der Waals surface area contributed by atoms with Gasteiger partial charge in [0.25, 0.3) is 0 Å². The summed E-state index contributed by atoms with van der Waals surface area (Å²) >= 11 is 0. The minimum absolute atomic E-state index is 0.432. The molecule has 8 heteroatoms. The van der Waals surface area contributed by atoms with Crippen LogP contribution in [0.1, 0.15) is 0 Å². The van der Waals surface area contributed by atoms with Crippen LogP contribution in [0.4, 0.5) is 17.1 Å². The molecule has 0 amide bonds. The van der Waals surface area contributed by atoms with Crippen molar-refractivity contribution in [2.75, 3.05) is 4.90 Å². The topological polar surface area (TPSA) is 86.0 Å². The normalized spacial score (nSPS) is 11.5. The zero-order chi connectivity index (χ0) is 49.0. The number of hydrogen-bond donors (Lipinski definition) is 0. The second-order valence-corrected chi connectivity index (χ2v) is 18.2. The van der Waals surface area contributed by atoms with Gasteiger partial charge in [-0.1, -0.05) is 158 Å². The van der Waals surface area contributed by atoms with Gasteiger partial charge in [0.1, 0.15) is 0 Å². The van der Waals surface area contributed by atoms with E-state index in [0.29, 0.717) is 23.6 Å². The van der Waals surface area contributed by atoms with Gasteiger partial charge in [-0.2, -0.15) is 0 Å². The number of fused-ring (bicyclic) bond motifs is 5. The monoisotopic (exact) mass is 950 g/mol. The van der Waals surface area contributed by atoms with Crippen molar-refractivity contribution in [3.8, 4) is 73.8 Å². The highest BCUT2D eigenvalue weighted by atomic mass is 16.4. The minimum Gasteiger partial charge on any atom is -0.416 e. The summed E-state index contributed by atoms with van der Waals surface area (Å²) < 4.78 is 15.4. The number of rotatable bonds is 10. The molecule has 3 heterocycles. The molecule has 14 rings (SSSR count). The summed E-state index contributed by atoms with van der Waals surface area (Å²) in [5.41, 5.74) is 13.8. The van der Waals surface area contributed by atoms with E-state index in [2.05, 4.69) is 212 Å². The Morgan fingerprint density at radius 2 is 0.689 bits per heavy atom. The van der Waals surface area contributed by atoms with E-state index in [-0.39, 0.29) is 0 Å². The van der Waals surface area contributed by atoms with Crippen molar-refractivity contribution in [2.45, 2.75) is 0 Å². The molecule has 0 saturated carbocycles. The second-order valence-electron chi connectivity index (χ2n) is 18.2. The van der Waals surface area contributed by atoms with Crippen LogP contribution in [0.5, 0.6) is 0 Å². The Bertz CT molecular complexity index is 4380. The molecule has 0 N–H and O–H groups in total. The molecule has 74 heavy (non-hydrogen) atoms. The van der Waals surface area contributed by atoms with Gasteiger partial charge in [0, 0.05) is 55.8 Å². The average molecular weight is 951 g/mol. The Labute approximate surface area is 425 Å². The summed E-state index contributed by atoms with van der Waals surface area (Å²) in [6.45, 7) is 0. The fraction of sp³-hybridized carbons (Fsp3) is 0. The summed E-state index contributed by atoms with van der Waals surface area (Å²) in [6, 6.07) is 88.7. The third-order valence-corrected chi connectivity index (χ3v) is 14.0. The van der Waals surface area contributed by atoms with Crippen molar-refractivity contribution in [2.24, 2.45) is 0 Å². The summed E-state index contributed by atoms with van der Waals surface area (Å²) in [6.07, 6.45) is 0. The van der Waals surface area contributed by atoms with E-state index < -0.39 is 0 Å². The zero-order valence-electron chi connectivity index (χ0n) is 39.7. The van der Waals surface area contributed by atoms with Crippen LogP contribution in [0, 0.1) is 0 Å². The first-order valence-electron chi connectivity index (χ1n) is 24.6. The molecule has 0 bridgehead atoms. The standard InChI is InChI=1S/C66H42N6O2/c1-5-21-43(22-6-1)63-67-69-65(73-63)55-34-17-15-32-52(55)61-50-30-13-14-31-51(50)62(53-33-16-18-35-56(53)66-70-68-64(74-66)44-23-7-2-8-24-44)58-42-47(37-39-54(58)61)71(45-25-9-3-10-26-45)48-38-40-60-57(41-48)49-29-19-20-36-59(49)72(60)46-27-11-4-12-28-46/h1-42H. The highest BCUT2D eigenvalue weighted by Gasteiger charge is 2.26. The SMILES string of the molecule is c1ccc(-c2nnc(-c3ccccc3-c3c4ccccc4c(-c4ccccc4-c4nnc(-c5ccccc5)o4)c4cc(N(c5ccccc5)c5ccc6c(c5)c5ccccc5n6-c5ccccc5)ccc34)o2)cc1. The highest BCUT2D eigenvalue weighted by Crippen LogP contribution is 2.50. The first-order chi connectivity index (χ1) is 36.7. The van der Waals surface area contributed by atoms with Gasteiger partial charge in [-0.25, -0.2) is 0 Å². The lowest BCUT2D eigenvalue weighted by Crippen LogP contribution is -2.10. The van der Waals surface area contributed by atoms with Crippen molar-refractivity contribution in [3.63, 3.8) is 0 Å². The first kappa shape index (κ1) is 42.7. The molecule has 14 aromatic rings. The van der Waals surface area contributed by atoms with Gasteiger partial charge in [-0.15, -0.1) is 20.4 Å². The maximum Gasteiger partial charge on any atom is 0.248 e. The molecule has 0 unspecified atom stereocenters. The number of para-hydroxylation sites is 3. The molecule has 8 nitrogen and oxygen atoms in total. The predicted octanol–water partition coefficient (Wildman–Crippen LogP) is 17.3. The average Bonchev–Trinajstić information content (AvgIpc) is 4.28. The molecule has 0 aliphatic carbocycles. The lowest BCUT2D eigenvalue weighted by Gasteiger charge is -2.27. The number of aromatic nitrogens is 5. The molecule has 11 aromatic carbocycles. The van der Waals surface area contributed by atoms with Gasteiger partial charge in [0.2, 0.25) is 23.6 Å². The molecule has 0 fully saturated rings. The van der Waals surface area contributed by atoms with E-state index in [9.17, 15) is 0 Å². The molecular weight excluding hydrogens is 909 g/mol. The molecule has 0 radical (unpaired) electrons. The Morgan fingerprint density at radius 1 is 0.284 bits per heavy atom. The van der Waals surface area contributed by atoms with Crippen molar-refractivity contribution in [1.82, 2.24) is 25.0 Å². The van der Waals surface area contributed by atoms with Crippen LogP contribution in [0.15, 0.2) is 264 Å². The number of hydrogen-bond acceptors (Lipinski definition) is 7. The molecule has 0 saturated heterocycles. The summed E-state index contributed by atoms with van der Waals surface area (Å²) in [4.78, 5) is 2.36. The fourth-order valence-corrected chi connectivity index (χ4v) is 10.7. The maximum absolute atomic E-state index is 6.55. The van der Waals surface area contributed by atoms with Gasteiger partial charge >= 0.3 is 0 Å². The Kier molecular flexibility index (Phi) is 10.3. The number of anilines is 3. The zero-order valence-corrected chi connectivity index (χ0v) is 39.7. The van der Waals surface area contributed by atoms with E-state index in [0.717, 1.165) is 105 Å². The van der Waals surface area contributed by atoms with E-state index in [1.807, 2.05) is 72.8 Å². The van der Waals surface area contributed by atoms with Crippen LogP contribution in [0.25, 0.3) is 117 Å². The van der Waals surface area contributed by atoms with Crippen LogP contribution in [-0.4, -0.2) is 25.0 Å². The van der Waals surface area contributed by atoms with Crippen LogP contribution in [0.3, 0.4) is 0 Å².